The SMILES string of the molecule is c1ccc(N(c2ccccc2)c2ccc3sc4sc5cc(N(c6ccc7oc8ccccc8c7c6)c6ccc7c(c6)c6ccccc6n7-c6ccccc6)ccc5c4c3c2)cc1. The molecule has 62 heavy (non-hydrogen) atoms. The van der Waals surface area contributed by atoms with Gasteiger partial charge in [0.05, 0.1) is 15.0 Å². The maximum Gasteiger partial charge on any atom is 0.135 e. The summed E-state index contributed by atoms with van der Waals surface area (Å²) in [4.78, 5) is 4.76. The fourth-order valence-electron chi connectivity index (χ4n) is 9.43. The third kappa shape index (κ3) is 5.51. The number of hydrogen-bond donors (Lipinski definition) is 0. The zero-order valence-electron chi connectivity index (χ0n) is 33.3. The lowest BCUT2D eigenvalue weighted by molar-refractivity contribution is 0.669. The Hall–Kier alpha value is -7.64. The summed E-state index contributed by atoms with van der Waals surface area (Å²) in [6.45, 7) is 0. The summed E-state index contributed by atoms with van der Waals surface area (Å²) in [6, 6.07) is 76.5. The molecule has 0 aliphatic carbocycles. The van der Waals surface area contributed by atoms with E-state index in [-0.39, 0.29) is 0 Å². The average Bonchev–Trinajstić information content (AvgIpc) is 4.08. The van der Waals surface area contributed by atoms with Crippen molar-refractivity contribution in [2.45, 2.75) is 0 Å². The number of nitrogens with zero attached hydrogens (tertiary/aromatic N) is 3. The maximum atomic E-state index is 6.32. The number of anilines is 6. The second-order valence-electron chi connectivity index (χ2n) is 15.7. The number of aromatic nitrogens is 1. The largest absolute Gasteiger partial charge is 0.456 e. The average molecular weight is 830 g/mol. The zero-order chi connectivity index (χ0) is 40.7. The van der Waals surface area contributed by atoms with E-state index < -0.39 is 0 Å². The van der Waals surface area contributed by atoms with Crippen molar-refractivity contribution in [3.8, 4) is 5.69 Å². The van der Waals surface area contributed by atoms with Crippen LogP contribution in [0.4, 0.5) is 34.1 Å². The molecule has 4 nitrogen and oxygen atoms in total. The molecule has 0 atom stereocenters. The molecule has 0 aliphatic heterocycles. The summed E-state index contributed by atoms with van der Waals surface area (Å²) in [5.41, 5.74) is 12.0. The first kappa shape index (κ1) is 35.1. The molecule has 6 heteroatoms. The number of hydrogen-bond acceptors (Lipinski definition) is 5. The molecule has 0 amide bonds. The molecule has 0 N–H and O–H groups in total. The molecule has 0 saturated heterocycles. The molecule has 0 fully saturated rings. The Morgan fingerprint density at radius 3 is 1.65 bits per heavy atom. The minimum Gasteiger partial charge on any atom is -0.456 e. The number of para-hydroxylation sites is 5. The minimum atomic E-state index is 0.884. The Balaban J connectivity index is 0.999. The van der Waals surface area contributed by atoms with Crippen LogP contribution in [0.1, 0.15) is 0 Å². The monoisotopic (exact) mass is 829 g/mol. The quantitative estimate of drug-likeness (QED) is 0.160. The molecule has 0 aliphatic rings. The Labute approximate surface area is 365 Å². The van der Waals surface area contributed by atoms with E-state index in [0.29, 0.717) is 0 Å². The van der Waals surface area contributed by atoms with E-state index in [0.717, 1.165) is 61.8 Å². The minimum absolute atomic E-state index is 0.884. The van der Waals surface area contributed by atoms with E-state index in [1.54, 1.807) is 0 Å². The Kier molecular flexibility index (Phi) is 7.92. The first-order valence-electron chi connectivity index (χ1n) is 20.8. The van der Waals surface area contributed by atoms with Crippen molar-refractivity contribution in [3.63, 3.8) is 0 Å². The van der Waals surface area contributed by atoms with Gasteiger partial charge in [-0.25, -0.2) is 0 Å². The van der Waals surface area contributed by atoms with Gasteiger partial charge in [-0.1, -0.05) is 97.1 Å². The van der Waals surface area contributed by atoms with Crippen molar-refractivity contribution in [2.75, 3.05) is 9.80 Å². The first-order valence-corrected chi connectivity index (χ1v) is 22.5. The van der Waals surface area contributed by atoms with Crippen LogP contribution in [0.15, 0.2) is 217 Å². The zero-order valence-corrected chi connectivity index (χ0v) is 34.9. The van der Waals surface area contributed by atoms with Gasteiger partial charge >= 0.3 is 0 Å². The molecule has 0 radical (unpaired) electrons. The van der Waals surface area contributed by atoms with Crippen LogP contribution in [-0.4, -0.2) is 4.57 Å². The molecule has 0 bridgehead atoms. The van der Waals surface area contributed by atoms with Crippen LogP contribution < -0.4 is 9.80 Å². The topological polar surface area (TPSA) is 24.6 Å². The highest BCUT2D eigenvalue weighted by Crippen LogP contribution is 2.49. The lowest BCUT2D eigenvalue weighted by Crippen LogP contribution is -2.09. The molecule has 0 spiro atoms. The van der Waals surface area contributed by atoms with Crippen molar-refractivity contribution in [1.82, 2.24) is 4.57 Å². The second kappa shape index (κ2) is 14.0. The number of furan rings is 1. The lowest BCUT2D eigenvalue weighted by atomic mass is 10.1. The molecule has 0 unspecified atom stereocenters. The van der Waals surface area contributed by atoms with Crippen molar-refractivity contribution >= 4 is 130 Å². The van der Waals surface area contributed by atoms with E-state index in [9.17, 15) is 0 Å². The van der Waals surface area contributed by atoms with Gasteiger partial charge in [-0.3, -0.25) is 0 Å². The van der Waals surface area contributed by atoms with Gasteiger partial charge in [-0.15, -0.1) is 22.7 Å². The summed E-state index contributed by atoms with van der Waals surface area (Å²) in [5.74, 6) is 0. The normalized spacial score (nSPS) is 11.9. The van der Waals surface area contributed by atoms with Crippen LogP contribution in [0, 0.1) is 0 Å². The van der Waals surface area contributed by atoms with E-state index in [4.69, 9.17) is 4.42 Å². The molecule has 13 rings (SSSR count). The van der Waals surface area contributed by atoms with Gasteiger partial charge in [0.25, 0.3) is 0 Å². The smallest absolute Gasteiger partial charge is 0.135 e. The molecular weight excluding hydrogens is 795 g/mol. The van der Waals surface area contributed by atoms with Gasteiger partial charge in [-0.05, 0) is 115 Å². The molecule has 292 valence electrons. The van der Waals surface area contributed by atoms with Crippen molar-refractivity contribution in [3.05, 3.63) is 212 Å². The lowest BCUT2D eigenvalue weighted by Gasteiger charge is -2.26. The fraction of sp³-hybridized carbons (Fsp3) is 0. The molecule has 9 aromatic carbocycles. The van der Waals surface area contributed by atoms with Crippen LogP contribution in [0.5, 0.6) is 0 Å². The van der Waals surface area contributed by atoms with E-state index >= 15 is 0 Å². The Morgan fingerprint density at radius 1 is 0.339 bits per heavy atom. The third-order valence-electron chi connectivity index (χ3n) is 12.2. The molecular formula is C56H35N3OS2. The number of thiophene rings is 2. The predicted octanol–water partition coefficient (Wildman–Crippen LogP) is 17.2. The fourth-order valence-corrected chi connectivity index (χ4v) is 12.0. The van der Waals surface area contributed by atoms with Crippen LogP contribution in [-0.2, 0) is 0 Å². The maximum absolute atomic E-state index is 6.32. The standard InChI is InChI=1S/C56H35N3OS2/c1-4-14-36(15-5-1)57(37-16-6-2-7-17-37)41-27-31-53-48(34-41)55-45-28-24-42(35-54(45)62-56(55)61-53)58(40-26-30-52-47(33-40)44-21-11-13-23-51(44)60-52)39-25-29-50-46(32-39)43-20-10-12-22-49(43)59(50)38-18-8-3-9-19-38/h1-35H. The van der Waals surface area contributed by atoms with Gasteiger partial charge < -0.3 is 18.8 Å². The van der Waals surface area contributed by atoms with Gasteiger partial charge in [0.1, 0.15) is 11.2 Å². The second-order valence-corrected chi connectivity index (χ2v) is 18.1. The number of rotatable bonds is 7. The van der Waals surface area contributed by atoms with E-state index in [1.165, 1.54) is 51.4 Å². The summed E-state index contributed by atoms with van der Waals surface area (Å²) in [7, 11) is 0. The first-order chi connectivity index (χ1) is 30.7. The Morgan fingerprint density at radius 2 is 0.871 bits per heavy atom. The molecule has 0 saturated carbocycles. The number of fused-ring (bicyclic) bond motifs is 11. The molecule has 4 heterocycles. The summed E-state index contributed by atoms with van der Waals surface area (Å²) < 4.78 is 12.6. The van der Waals surface area contributed by atoms with Crippen LogP contribution >= 0.6 is 22.7 Å². The third-order valence-corrected chi connectivity index (χ3v) is 14.6. The Bertz CT molecular complexity index is 3790. The summed E-state index contributed by atoms with van der Waals surface area (Å²) >= 11 is 3.77. The van der Waals surface area contributed by atoms with Gasteiger partial charge in [0.15, 0.2) is 0 Å². The van der Waals surface area contributed by atoms with E-state index in [1.807, 2.05) is 34.8 Å². The summed E-state index contributed by atoms with van der Waals surface area (Å²) in [5, 5.41) is 8.54. The highest BCUT2D eigenvalue weighted by Gasteiger charge is 2.22. The molecule has 4 aromatic heterocycles. The van der Waals surface area contributed by atoms with Gasteiger partial charge in [-0.2, -0.15) is 0 Å². The highest BCUT2D eigenvalue weighted by atomic mass is 32.2. The van der Waals surface area contributed by atoms with Gasteiger partial charge in [0, 0.05) is 86.9 Å². The van der Waals surface area contributed by atoms with Crippen molar-refractivity contribution in [1.29, 1.82) is 0 Å². The van der Waals surface area contributed by atoms with Crippen molar-refractivity contribution in [2.24, 2.45) is 0 Å². The van der Waals surface area contributed by atoms with Crippen LogP contribution in [0.2, 0.25) is 0 Å². The van der Waals surface area contributed by atoms with E-state index in [2.05, 4.69) is 215 Å². The number of benzene rings is 9. The summed E-state index contributed by atoms with van der Waals surface area (Å²) in [6.07, 6.45) is 0. The predicted molar refractivity (Wildman–Crippen MR) is 266 cm³/mol. The van der Waals surface area contributed by atoms with Crippen molar-refractivity contribution < 1.29 is 4.42 Å². The highest BCUT2D eigenvalue weighted by molar-refractivity contribution is 7.44. The van der Waals surface area contributed by atoms with Gasteiger partial charge in [0.2, 0.25) is 0 Å². The van der Waals surface area contributed by atoms with Crippen LogP contribution in [0.25, 0.3) is 79.0 Å². The molecule has 13 aromatic rings. The van der Waals surface area contributed by atoms with Crippen LogP contribution in [0.3, 0.4) is 0 Å².